The lowest BCUT2D eigenvalue weighted by Crippen LogP contribution is -2.25. The Labute approximate surface area is 103 Å². The number of hydrogen-bond donors (Lipinski definition) is 2. The number of aromatic nitrogens is 2. The van der Waals surface area contributed by atoms with Gasteiger partial charge in [-0.25, -0.2) is 4.98 Å². The largest absolute Gasteiger partial charge is 0.375 e. The van der Waals surface area contributed by atoms with Gasteiger partial charge in [-0.2, -0.15) is 0 Å². The van der Waals surface area contributed by atoms with Crippen LogP contribution in [0, 0.1) is 0 Å². The molecule has 0 spiro atoms. The topological polar surface area (TPSA) is 80.9 Å². The molecule has 6 heteroatoms. The van der Waals surface area contributed by atoms with Crippen LogP contribution in [-0.4, -0.2) is 15.9 Å². The lowest BCUT2D eigenvalue weighted by Gasteiger charge is -2.02. The van der Waals surface area contributed by atoms with Crippen molar-refractivity contribution in [2.24, 2.45) is 0 Å². The number of nitrogens with zero attached hydrogens (tertiary/aromatic N) is 2. The van der Waals surface area contributed by atoms with Gasteiger partial charge in [0.05, 0.1) is 18.7 Å². The molecular weight excluding hydrogens is 236 g/mol. The molecule has 0 aliphatic carbocycles. The number of nitrogens with two attached hydrogens (primary N) is 1. The molecule has 0 aliphatic rings. The zero-order valence-corrected chi connectivity index (χ0v) is 9.91. The van der Waals surface area contributed by atoms with Gasteiger partial charge < -0.3 is 11.1 Å². The Morgan fingerprint density at radius 2 is 2.29 bits per heavy atom. The lowest BCUT2D eigenvalue weighted by atomic mass is 10.2. The van der Waals surface area contributed by atoms with Crippen LogP contribution in [0.1, 0.15) is 11.4 Å². The number of carbonyl (C=O) groups is 1. The molecule has 0 fully saturated rings. The van der Waals surface area contributed by atoms with E-state index in [-0.39, 0.29) is 12.3 Å². The Balaban J connectivity index is 1.82. The van der Waals surface area contributed by atoms with Crippen molar-refractivity contribution in [2.45, 2.75) is 13.0 Å². The number of thiazole rings is 1. The second-order valence-corrected chi connectivity index (χ2v) is 4.34. The van der Waals surface area contributed by atoms with Crippen LogP contribution in [0.2, 0.25) is 0 Å². The van der Waals surface area contributed by atoms with Crippen molar-refractivity contribution in [1.29, 1.82) is 0 Å². The summed E-state index contributed by atoms with van der Waals surface area (Å²) < 4.78 is 0. The summed E-state index contributed by atoms with van der Waals surface area (Å²) >= 11 is 1.36. The van der Waals surface area contributed by atoms with Gasteiger partial charge in [0, 0.05) is 17.3 Å². The molecule has 0 saturated carbocycles. The molecule has 0 saturated heterocycles. The van der Waals surface area contributed by atoms with Crippen LogP contribution in [-0.2, 0) is 17.8 Å². The molecule has 1 amide bonds. The summed E-state index contributed by atoms with van der Waals surface area (Å²) in [5, 5.41) is 5.11. The molecule has 2 rings (SSSR count). The summed E-state index contributed by atoms with van der Waals surface area (Å²) in [6.07, 6.45) is 1.95. The number of rotatable bonds is 4. The van der Waals surface area contributed by atoms with Gasteiger partial charge in [-0.15, -0.1) is 11.3 Å². The molecular formula is C11H12N4OS. The second-order valence-electron chi connectivity index (χ2n) is 3.45. The smallest absolute Gasteiger partial charge is 0.226 e. The zero-order chi connectivity index (χ0) is 12.1. The maximum atomic E-state index is 11.6. The Hall–Kier alpha value is -1.95. The van der Waals surface area contributed by atoms with Gasteiger partial charge in [-0.05, 0) is 12.1 Å². The molecule has 2 aromatic rings. The third-order valence-electron chi connectivity index (χ3n) is 2.10. The van der Waals surface area contributed by atoms with Gasteiger partial charge in [-0.1, -0.05) is 6.07 Å². The summed E-state index contributed by atoms with van der Waals surface area (Å²) in [7, 11) is 0. The van der Waals surface area contributed by atoms with E-state index in [1.54, 1.807) is 6.20 Å². The van der Waals surface area contributed by atoms with E-state index in [4.69, 9.17) is 5.73 Å². The monoisotopic (exact) mass is 248 g/mol. The van der Waals surface area contributed by atoms with E-state index < -0.39 is 0 Å². The first-order valence-corrected chi connectivity index (χ1v) is 5.98. The van der Waals surface area contributed by atoms with E-state index in [2.05, 4.69) is 15.3 Å². The van der Waals surface area contributed by atoms with Crippen LogP contribution < -0.4 is 11.1 Å². The van der Waals surface area contributed by atoms with Crippen molar-refractivity contribution >= 4 is 22.4 Å². The SMILES string of the molecule is Nc1nc(CNC(=O)Cc2ccccn2)cs1. The molecule has 5 nitrogen and oxygen atoms in total. The summed E-state index contributed by atoms with van der Waals surface area (Å²) in [4.78, 5) is 19.7. The average Bonchev–Trinajstić information content (AvgIpc) is 2.74. The molecule has 0 atom stereocenters. The maximum Gasteiger partial charge on any atom is 0.226 e. The minimum atomic E-state index is -0.0738. The van der Waals surface area contributed by atoms with Crippen LogP contribution in [0.15, 0.2) is 29.8 Å². The summed E-state index contributed by atoms with van der Waals surface area (Å²) in [6, 6.07) is 5.50. The first-order chi connectivity index (χ1) is 8.24. The molecule has 0 aromatic carbocycles. The van der Waals surface area contributed by atoms with Gasteiger partial charge in [0.25, 0.3) is 0 Å². The Bertz CT molecular complexity index is 497. The maximum absolute atomic E-state index is 11.6. The van der Waals surface area contributed by atoms with Crippen LogP contribution >= 0.6 is 11.3 Å². The fourth-order valence-corrected chi connectivity index (χ4v) is 1.89. The highest BCUT2D eigenvalue weighted by Gasteiger charge is 2.05. The van der Waals surface area contributed by atoms with Crippen LogP contribution in [0.25, 0.3) is 0 Å². The third-order valence-corrected chi connectivity index (χ3v) is 2.83. The predicted molar refractivity (Wildman–Crippen MR) is 66.3 cm³/mol. The van der Waals surface area contributed by atoms with E-state index in [0.717, 1.165) is 11.4 Å². The third kappa shape index (κ3) is 3.53. The normalized spacial score (nSPS) is 10.1. The van der Waals surface area contributed by atoms with E-state index in [1.165, 1.54) is 11.3 Å². The minimum absolute atomic E-state index is 0.0738. The van der Waals surface area contributed by atoms with Crippen molar-refractivity contribution in [2.75, 3.05) is 5.73 Å². The van der Waals surface area contributed by atoms with E-state index in [0.29, 0.717) is 11.7 Å². The number of carbonyl (C=O) groups excluding carboxylic acids is 1. The quantitative estimate of drug-likeness (QED) is 0.845. The van der Waals surface area contributed by atoms with Crippen molar-refractivity contribution in [1.82, 2.24) is 15.3 Å². The van der Waals surface area contributed by atoms with Crippen molar-refractivity contribution in [3.05, 3.63) is 41.2 Å². The molecule has 0 bridgehead atoms. The van der Waals surface area contributed by atoms with Crippen LogP contribution in [0.3, 0.4) is 0 Å². The summed E-state index contributed by atoms with van der Waals surface area (Å²) in [5.41, 5.74) is 7.03. The van der Waals surface area contributed by atoms with Crippen molar-refractivity contribution in [3.8, 4) is 0 Å². The molecule has 0 unspecified atom stereocenters. The highest BCUT2D eigenvalue weighted by molar-refractivity contribution is 7.13. The first-order valence-electron chi connectivity index (χ1n) is 5.10. The van der Waals surface area contributed by atoms with Crippen LogP contribution in [0.5, 0.6) is 0 Å². The van der Waals surface area contributed by atoms with Crippen molar-refractivity contribution in [3.63, 3.8) is 0 Å². The fourth-order valence-electron chi connectivity index (χ4n) is 1.32. The number of hydrogen-bond acceptors (Lipinski definition) is 5. The van der Waals surface area contributed by atoms with Gasteiger partial charge in [0.15, 0.2) is 5.13 Å². The minimum Gasteiger partial charge on any atom is -0.375 e. The summed E-state index contributed by atoms with van der Waals surface area (Å²) in [6.45, 7) is 0.402. The molecule has 0 aliphatic heterocycles. The fraction of sp³-hybridized carbons (Fsp3) is 0.182. The molecule has 2 aromatic heterocycles. The zero-order valence-electron chi connectivity index (χ0n) is 9.09. The summed E-state index contributed by atoms with van der Waals surface area (Å²) in [5.74, 6) is -0.0738. The number of pyridine rings is 1. The number of nitrogens with one attached hydrogen (secondary N) is 1. The number of anilines is 1. The lowest BCUT2D eigenvalue weighted by molar-refractivity contribution is -0.120. The van der Waals surface area contributed by atoms with Gasteiger partial charge in [0.2, 0.25) is 5.91 Å². The van der Waals surface area contributed by atoms with Gasteiger partial charge in [-0.3, -0.25) is 9.78 Å². The molecule has 0 radical (unpaired) electrons. The van der Waals surface area contributed by atoms with E-state index in [1.807, 2.05) is 23.6 Å². The second kappa shape index (κ2) is 5.40. The number of nitrogen functional groups attached to an aromatic ring is 1. The Morgan fingerprint density at radius 3 is 2.94 bits per heavy atom. The predicted octanol–water partition coefficient (Wildman–Crippen LogP) is 0.979. The van der Waals surface area contributed by atoms with Crippen LogP contribution in [0.4, 0.5) is 5.13 Å². The standard InChI is InChI=1S/C11H12N4OS/c12-11-15-9(7-17-11)6-14-10(16)5-8-3-1-2-4-13-8/h1-4,7H,5-6H2,(H2,12,15)(H,14,16). The number of amides is 1. The van der Waals surface area contributed by atoms with E-state index in [9.17, 15) is 4.79 Å². The molecule has 88 valence electrons. The average molecular weight is 248 g/mol. The molecule has 2 heterocycles. The first kappa shape index (κ1) is 11.5. The van der Waals surface area contributed by atoms with Crippen molar-refractivity contribution < 1.29 is 4.79 Å². The molecule has 17 heavy (non-hydrogen) atoms. The van der Waals surface area contributed by atoms with Gasteiger partial charge in [0.1, 0.15) is 0 Å². The van der Waals surface area contributed by atoms with E-state index >= 15 is 0 Å². The highest BCUT2D eigenvalue weighted by Crippen LogP contribution is 2.10. The Morgan fingerprint density at radius 1 is 1.41 bits per heavy atom. The van der Waals surface area contributed by atoms with Gasteiger partial charge >= 0.3 is 0 Å². The molecule has 3 N–H and O–H groups in total. The Kier molecular flexibility index (Phi) is 3.66. The highest BCUT2D eigenvalue weighted by atomic mass is 32.1.